The highest BCUT2D eigenvalue weighted by atomic mass is 32.2. The molecule has 0 spiro atoms. The Morgan fingerprint density at radius 2 is 1.86 bits per heavy atom. The first-order valence-corrected chi connectivity index (χ1v) is 8.42. The first-order chi connectivity index (χ1) is 9.95. The lowest BCUT2D eigenvalue weighted by molar-refractivity contribution is 0.103. The van der Waals surface area contributed by atoms with Crippen LogP contribution < -0.4 is 4.74 Å². The van der Waals surface area contributed by atoms with Gasteiger partial charge in [-0.3, -0.25) is 4.90 Å². The smallest absolute Gasteiger partial charge is 0.246 e. The van der Waals surface area contributed by atoms with Crippen LogP contribution in [0.25, 0.3) is 0 Å². The summed E-state index contributed by atoms with van der Waals surface area (Å²) in [7, 11) is -2.07. The summed E-state index contributed by atoms with van der Waals surface area (Å²) in [6.07, 6.45) is -0.401. The van der Waals surface area contributed by atoms with Crippen molar-refractivity contribution in [1.82, 2.24) is 9.21 Å². The zero-order valence-corrected chi connectivity index (χ0v) is 13.2. The van der Waals surface area contributed by atoms with Gasteiger partial charge in [-0.15, -0.1) is 0 Å². The van der Waals surface area contributed by atoms with Crippen LogP contribution in [0.1, 0.15) is 6.92 Å². The van der Waals surface area contributed by atoms with E-state index in [-0.39, 0.29) is 4.90 Å². The quantitative estimate of drug-likeness (QED) is 0.851. The summed E-state index contributed by atoms with van der Waals surface area (Å²) in [5.74, 6) is 0.365. The molecule has 1 aliphatic rings. The van der Waals surface area contributed by atoms with Crippen LogP contribution in [0.15, 0.2) is 29.2 Å². The number of methoxy groups -OCH3 is 1. The van der Waals surface area contributed by atoms with Crippen LogP contribution in [-0.4, -0.2) is 68.7 Å². The van der Waals surface area contributed by atoms with Gasteiger partial charge in [0.25, 0.3) is 0 Å². The Hall–Kier alpha value is -1.15. The Morgan fingerprint density at radius 1 is 1.24 bits per heavy atom. The topological polar surface area (TPSA) is 70.1 Å². The van der Waals surface area contributed by atoms with Crippen LogP contribution in [0.5, 0.6) is 5.75 Å². The van der Waals surface area contributed by atoms with Gasteiger partial charge in [0.1, 0.15) is 10.6 Å². The van der Waals surface area contributed by atoms with Crippen molar-refractivity contribution in [3.63, 3.8) is 0 Å². The summed E-state index contributed by atoms with van der Waals surface area (Å²) in [4.78, 5) is 2.27. The molecule has 0 amide bonds. The van der Waals surface area contributed by atoms with Gasteiger partial charge >= 0.3 is 0 Å². The lowest BCUT2D eigenvalue weighted by Gasteiger charge is -2.34. The highest BCUT2D eigenvalue weighted by Gasteiger charge is 2.30. The number of piperazine rings is 1. The number of hydrogen-bond acceptors (Lipinski definition) is 5. The number of ether oxygens (including phenoxy) is 1. The molecule has 6 nitrogen and oxygen atoms in total. The molecule has 1 atom stereocenters. The molecule has 118 valence electrons. The Balaban J connectivity index is 2.11. The molecule has 0 radical (unpaired) electrons. The number of hydrogen-bond donors (Lipinski definition) is 1. The largest absolute Gasteiger partial charge is 0.495 e. The van der Waals surface area contributed by atoms with Crippen molar-refractivity contribution in [2.45, 2.75) is 17.9 Å². The van der Waals surface area contributed by atoms with E-state index in [4.69, 9.17) is 4.74 Å². The molecule has 1 saturated heterocycles. The van der Waals surface area contributed by atoms with Crippen LogP contribution in [-0.2, 0) is 10.0 Å². The number of aliphatic hydroxyl groups excluding tert-OH is 1. The molecule has 1 N–H and O–H groups in total. The van der Waals surface area contributed by atoms with Crippen LogP contribution in [0.2, 0.25) is 0 Å². The number of β-amino-alcohol motifs (C(OH)–C–C–N with tert-alkyl or cyclic N) is 1. The fourth-order valence-corrected chi connectivity index (χ4v) is 4.08. The normalized spacial score (nSPS) is 19.4. The minimum absolute atomic E-state index is 0.205. The minimum Gasteiger partial charge on any atom is -0.495 e. The third-order valence-electron chi connectivity index (χ3n) is 3.54. The molecule has 1 fully saturated rings. The van der Waals surface area contributed by atoms with E-state index in [0.29, 0.717) is 38.5 Å². The molecule has 1 aromatic rings. The Bertz CT molecular complexity index is 566. The van der Waals surface area contributed by atoms with E-state index in [9.17, 15) is 13.5 Å². The van der Waals surface area contributed by atoms with Crippen molar-refractivity contribution in [2.75, 3.05) is 39.8 Å². The summed E-state index contributed by atoms with van der Waals surface area (Å²) in [5, 5.41) is 9.39. The number of benzene rings is 1. The third kappa shape index (κ3) is 3.74. The summed E-state index contributed by atoms with van der Waals surface area (Å²) in [6, 6.07) is 6.66. The molecule has 0 saturated carbocycles. The molecule has 0 bridgehead atoms. The van der Waals surface area contributed by atoms with Crippen molar-refractivity contribution >= 4 is 10.0 Å². The summed E-state index contributed by atoms with van der Waals surface area (Å²) >= 11 is 0. The zero-order chi connectivity index (χ0) is 15.5. The highest BCUT2D eigenvalue weighted by Crippen LogP contribution is 2.26. The van der Waals surface area contributed by atoms with E-state index in [1.165, 1.54) is 11.4 Å². The second-order valence-corrected chi connectivity index (χ2v) is 7.11. The van der Waals surface area contributed by atoms with E-state index in [0.717, 1.165) is 0 Å². The zero-order valence-electron chi connectivity index (χ0n) is 12.4. The van der Waals surface area contributed by atoms with Crippen molar-refractivity contribution in [1.29, 1.82) is 0 Å². The second-order valence-electron chi connectivity index (χ2n) is 5.20. The van der Waals surface area contributed by atoms with Crippen LogP contribution >= 0.6 is 0 Å². The minimum atomic E-state index is -3.54. The Labute approximate surface area is 126 Å². The van der Waals surface area contributed by atoms with Gasteiger partial charge in [-0.2, -0.15) is 4.31 Å². The first kappa shape index (κ1) is 16.2. The van der Waals surface area contributed by atoms with Gasteiger partial charge in [0.15, 0.2) is 0 Å². The molecule has 1 heterocycles. The molecule has 1 aliphatic heterocycles. The molecule has 2 rings (SSSR count). The average Bonchev–Trinajstić information content (AvgIpc) is 2.47. The number of rotatable bonds is 5. The van der Waals surface area contributed by atoms with E-state index < -0.39 is 16.1 Å². The van der Waals surface area contributed by atoms with E-state index >= 15 is 0 Å². The summed E-state index contributed by atoms with van der Waals surface area (Å²) in [6.45, 7) is 4.40. The van der Waals surface area contributed by atoms with E-state index in [1.807, 2.05) is 0 Å². The summed E-state index contributed by atoms with van der Waals surface area (Å²) < 4.78 is 32.0. The summed E-state index contributed by atoms with van der Waals surface area (Å²) in [5.41, 5.74) is 0. The lowest BCUT2D eigenvalue weighted by Crippen LogP contribution is -2.50. The Kier molecular flexibility index (Phi) is 5.21. The van der Waals surface area contributed by atoms with Crippen molar-refractivity contribution in [2.24, 2.45) is 0 Å². The molecule has 1 unspecified atom stereocenters. The average molecular weight is 314 g/mol. The van der Waals surface area contributed by atoms with Crippen molar-refractivity contribution in [3.05, 3.63) is 24.3 Å². The highest BCUT2D eigenvalue weighted by molar-refractivity contribution is 7.89. The number of para-hydroxylation sites is 1. The monoisotopic (exact) mass is 314 g/mol. The van der Waals surface area contributed by atoms with Gasteiger partial charge < -0.3 is 9.84 Å². The predicted molar refractivity (Wildman–Crippen MR) is 79.9 cm³/mol. The molecule has 1 aromatic carbocycles. The number of nitrogens with zero attached hydrogens (tertiary/aromatic N) is 2. The predicted octanol–water partition coefficient (Wildman–Crippen LogP) is 0.382. The van der Waals surface area contributed by atoms with Gasteiger partial charge in [0, 0.05) is 32.7 Å². The fourth-order valence-electron chi connectivity index (χ4n) is 2.50. The van der Waals surface area contributed by atoms with E-state index in [2.05, 4.69) is 4.90 Å². The van der Waals surface area contributed by atoms with Gasteiger partial charge in [0.05, 0.1) is 13.2 Å². The van der Waals surface area contributed by atoms with Gasteiger partial charge in [0.2, 0.25) is 10.0 Å². The van der Waals surface area contributed by atoms with Crippen LogP contribution in [0.4, 0.5) is 0 Å². The number of aliphatic hydroxyl groups is 1. The fraction of sp³-hybridized carbons (Fsp3) is 0.571. The van der Waals surface area contributed by atoms with Gasteiger partial charge in [-0.05, 0) is 19.1 Å². The number of sulfonamides is 1. The second kappa shape index (κ2) is 6.74. The maximum Gasteiger partial charge on any atom is 0.246 e. The molecule has 0 aliphatic carbocycles. The van der Waals surface area contributed by atoms with E-state index in [1.54, 1.807) is 31.2 Å². The van der Waals surface area contributed by atoms with Gasteiger partial charge in [-0.25, -0.2) is 8.42 Å². The molecular weight excluding hydrogens is 292 g/mol. The molecule has 7 heteroatoms. The Morgan fingerprint density at radius 3 is 2.43 bits per heavy atom. The standard InChI is InChI=1S/C14H22N2O4S/c1-12(17)11-15-7-9-16(10-8-15)21(18,19)14-6-4-3-5-13(14)20-2/h3-6,12,17H,7-11H2,1-2H3. The SMILES string of the molecule is COc1ccccc1S(=O)(=O)N1CCN(CC(C)O)CC1. The van der Waals surface area contributed by atoms with Crippen LogP contribution in [0.3, 0.4) is 0 Å². The maximum absolute atomic E-state index is 12.7. The molecule has 21 heavy (non-hydrogen) atoms. The maximum atomic E-state index is 12.7. The molecular formula is C14H22N2O4S. The van der Waals surface area contributed by atoms with Crippen LogP contribution in [0, 0.1) is 0 Å². The third-order valence-corrected chi connectivity index (χ3v) is 5.48. The van der Waals surface area contributed by atoms with Crippen molar-refractivity contribution < 1.29 is 18.3 Å². The lowest BCUT2D eigenvalue weighted by atomic mass is 10.3. The van der Waals surface area contributed by atoms with Gasteiger partial charge in [-0.1, -0.05) is 12.1 Å². The van der Waals surface area contributed by atoms with Crippen molar-refractivity contribution in [3.8, 4) is 5.75 Å². The molecule has 0 aromatic heterocycles. The first-order valence-electron chi connectivity index (χ1n) is 6.98.